The predicted molar refractivity (Wildman–Crippen MR) is 87.4 cm³/mol. The number of alkyl halides is 3. The van der Waals surface area contributed by atoms with Gasteiger partial charge in [0.25, 0.3) is 0 Å². The first-order chi connectivity index (χ1) is 12.6. The molecule has 10 heteroatoms. The third-order valence-corrected chi connectivity index (χ3v) is 4.18. The van der Waals surface area contributed by atoms with Gasteiger partial charge in [0.1, 0.15) is 12.3 Å². The molecule has 0 spiro atoms. The zero-order valence-corrected chi connectivity index (χ0v) is 14.5. The Kier molecular flexibility index (Phi) is 6.29. The number of hydrogen-bond donors (Lipinski definition) is 2. The van der Waals surface area contributed by atoms with Gasteiger partial charge in [-0.05, 0) is 24.1 Å². The number of hydrogen-bond acceptors (Lipinski definition) is 4. The molecule has 1 unspecified atom stereocenters. The van der Waals surface area contributed by atoms with E-state index in [0.717, 1.165) is 0 Å². The van der Waals surface area contributed by atoms with Gasteiger partial charge in [-0.2, -0.15) is 13.2 Å². The van der Waals surface area contributed by atoms with Crippen LogP contribution < -0.4 is 10.1 Å². The number of nitrogens with zero attached hydrogens (tertiary/aromatic N) is 1. The number of amides is 2. The van der Waals surface area contributed by atoms with Crippen LogP contribution in [-0.2, 0) is 16.0 Å². The highest BCUT2D eigenvalue weighted by molar-refractivity contribution is 5.89. The summed E-state index contributed by atoms with van der Waals surface area (Å²) in [6.45, 7) is -1.45. The second kappa shape index (κ2) is 8.28. The number of benzene rings is 1. The molecular weight excluding hydrogens is 369 g/mol. The monoisotopic (exact) mass is 388 g/mol. The molecule has 7 nitrogen and oxygen atoms in total. The molecule has 0 aliphatic carbocycles. The molecule has 0 radical (unpaired) electrons. The maximum absolute atomic E-state index is 12.4. The Labute approximate surface area is 153 Å². The second-order valence-corrected chi connectivity index (χ2v) is 6.16. The van der Waals surface area contributed by atoms with Gasteiger partial charge in [0.15, 0.2) is 0 Å². The molecule has 1 aliphatic heterocycles. The average molecular weight is 388 g/mol. The lowest BCUT2D eigenvalue weighted by atomic mass is 10.1. The number of carboxylic acid groups (broad SMARTS) is 1. The zero-order chi connectivity index (χ0) is 20.2. The number of likely N-dealkylation sites (tertiary alicyclic amines) is 1. The van der Waals surface area contributed by atoms with Crippen molar-refractivity contribution >= 4 is 17.8 Å². The minimum absolute atomic E-state index is 0.0638. The van der Waals surface area contributed by atoms with E-state index in [1.165, 1.54) is 19.2 Å². The highest BCUT2D eigenvalue weighted by Gasteiger charge is 2.40. The maximum Gasteiger partial charge on any atom is 0.406 e. The van der Waals surface area contributed by atoms with Gasteiger partial charge in [0.05, 0.1) is 18.6 Å². The van der Waals surface area contributed by atoms with Gasteiger partial charge >= 0.3 is 12.1 Å². The zero-order valence-electron chi connectivity index (χ0n) is 14.5. The van der Waals surface area contributed by atoms with Gasteiger partial charge in [0, 0.05) is 19.5 Å². The number of rotatable bonds is 7. The highest BCUT2D eigenvalue weighted by Crippen LogP contribution is 2.24. The number of methoxy groups -OCH3 is 1. The van der Waals surface area contributed by atoms with Crippen LogP contribution in [0.2, 0.25) is 0 Å². The van der Waals surface area contributed by atoms with E-state index in [2.05, 4.69) is 5.32 Å². The molecule has 0 aromatic heterocycles. The van der Waals surface area contributed by atoms with Crippen LogP contribution >= 0.6 is 0 Å². The Bertz CT molecular complexity index is 736. The summed E-state index contributed by atoms with van der Waals surface area (Å²) in [6.07, 6.45) is -4.42. The van der Waals surface area contributed by atoms with Gasteiger partial charge in [-0.25, -0.2) is 4.79 Å². The van der Waals surface area contributed by atoms with Crippen molar-refractivity contribution in [2.24, 2.45) is 5.92 Å². The van der Waals surface area contributed by atoms with Crippen LogP contribution in [0, 0.1) is 5.92 Å². The van der Waals surface area contributed by atoms with E-state index in [9.17, 15) is 27.6 Å². The van der Waals surface area contributed by atoms with Crippen molar-refractivity contribution in [1.82, 2.24) is 10.2 Å². The first-order valence-electron chi connectivity index (χ1n) is 8.13. The summed E-state index contributed by atoms with van der Waals surface area (Å²) < 4.78 is 42.4. The van der Waals surface area contributed by atoms with E-state index in [0.29, 0.717) is 22.6 Å². The van der Waals surface area contributed by atoms with E-state index < -0.39 is 36.4 Å². The predicted octanol–water partition coefficient (Wildman–Crippen LogP) is 1.46. The van der Waals surface area contributed by atoms with E-state index in [1.807, 2.05) is 0 Å². The molecule has 1 aromatic rings. The number of carbonyl (C=O) groups excluding carboxylic acids is 2. The third-order valence-electron chi connectivity index (χ3n) is 4.18. The van der Waals surface area contributed by atoms with Crippen molar-refractivity contribution in [3.05, 3.63) is 29.3 Å². The largest absolute Gasteiger partial charge is 0.496 e. The lowest BCUT2D eigenvalue weighted by Crippen LogP contribution is -2.37. The Morgan fingerprint density at radius 2 is 2.07 bits per heavy atom. The van der Waals surface area contributed by atoms with E-state index >= 15 is 0 Å². The molecule has 1 aromatic carbocycles. The highest BCUT2D eigenvalue weighted by atomic mass is 19.4. The lowest BCUT2D eigenvalue weighted by molar-refractivity contribution is -0.157. The Morgan fingerprint density at radius 1 is 1.37 bits per heavy atom. The molecule has 1 atom stereocenters. The number of ether oxygens (including phenoxy) is 1. The SMILES string of the molecule is COc1cc(C(=O)O)ccc1CCNC(=O)C1CC(=O)N(CC(F)(F)F)C1. The van der Waals surface area contributed by atoms with E-state index in [1.54, 1.807) is 6.07 Å². The lowest BCUT2D eigenvalue weighted by Gasteiger charge is -2.18. The number of carbonyl (C=O) groups is 3. The van der Waals surface area contributed by atoms with Crippen molar-refractivity contribution in [1.29, 1.82) is 0 Å². The molecule has 0 bridgehead atoms. The quantitative estimate of drug-likeness (QED) is 0.737. The fraction of sp³-hybridized carbons (Fsp3) is 0.471. The summed E-state index contributed by atoms with van der Waals surface area (Å²) in [7, 11) is 1.39. The molecule has 2 rings (SSSR count). The van der Waals surface area contributed by atoms with Gasteiger partial charge in [0.2, 0.25) is 11.8 Å². The summed E-state index contributed by atoms with van der Waals surface area (Å²) in [5, 5.41) is 11.6. The van der Waals surface area contributed by atoms with Crippen molar-refractivity contribution in [3.63, 3.8) is 0 Å². The van der Waals surface area contributed by atoms with Crippen LogP contribution in [0.5, 0.6) is 5.75 Å². The van der Waals surface area contributed by atoms with Crippen molar-refractivity contribution in [2.45, 2.75) is 19.0 Å². The molecule has 2 N–H and O–H groups in total. The molecule has 1 saturated heterocycles. The van der Waals surface area contributed by atoms with Gasteiger partial charge in [-0.15, -0.1) is 0 Å². The van der Waals surface area contributed by atoms with Gasteiger partial charge < -0.3 is 20.1 Å². The summed E-state index contributed by atoms with van der Waals surface area (Å²) in [5.74, 6) is -2.75. The van der Waals surface area contributed by atoms with Crippen LogP contribution in [0.4, 0.5) is 13.2 Å². The normalized spacial score (nSPS) is 17.1. The van der Waals surface area contributed by atoms with Crippen LogP contribution in [0.3, 0.4) is 0 Å². The van der Waals surface area contributed by atoms with Crippen LogP contribution in [-0.4, -0.2) is 60.7 Å². The first kappa shape index (κ1) is 20.5. The molecule has 148 valence electrons. The summed E-state index contributed by atoms with van der Waals surface area (Å²) in [6, 6.07) is 4.34. The Hall–Kier alpha value is -2.78. The van der Waals surface area contributed by atoms with Crippen molar-refractivity contribution < 1.29 is 37.4 Å². The smallest absolute Gasteiger partial charge is 0.406 e. The standard InChI is InChI=1S/C17H19F3N2O5/c1-27-13-6-11(16(25)26)3-2-10(13)4-5-21-15(24)12-7-14(23)22(8-12)9-17(18,19)20/h2-3,6,12H,4-5,7-9H2,1H3,(H,21,24)(H,25,26). The molecule has 1 heterocycles. The van der Waals surface area contributed by atoms with Gasteiger partial charge in [-0.1, -0.05) is 6.07 Å². The van der Waals surface area contributed by atoms with Crippen LogP contribution in [0.15, 0.2) is 18.2 Å². The second-order valence-electron chi connectivity index (χ2n) is 6.16. The number of aromatic carboxylic acids is 1. The Balaban J connectivity index is 1.88. The van der Waals surface area contributed by atoms with E-state index in [4.69, 9.17) is 9.84 Å². The number of halogens is 3. The number of carboxylic acids is 1. The molecule has 1 fully saturated rings. The fourth-order valence-corrected chi connectivity index (χ4v) is 2.87. The number of nitrogens with one attached hydrogen (secondary N) is 1. The molecule has 2 amide bonds. The summed E-state index contributed by atoms with van der Waals surface area (Å²) in [5.41, 5.74) is 0.734. The van der Waals surface area contributed by atoms with Crippen molar-refractivity contribution in [2.75, 3.05) is 26.7 Å². The molecule has 27 heavy (non-hydrogen) atoms. The van der Waals surface area contributed by atoms with E-state index in [-0.39, 0.29) is 25.1 Å². The maximum atomic E-state index is 12.4. The first-order valence-corrected chi connectivity index (χ1v) is 8.13. The molecular formula is C17H19F3N2O5. The summed E-state index contributed by atoms with van der Waals surface area (Å²) >= 11 is 0. The third kappa shape index (κ3) is 5.60. The van der Waals surface area contributed by atoms with Crippen LogP contribution in [0.25, 0.3) is 0 Å². The molecule has 1 aliphatic rings. The van der Waals surface area contributed by atoms with Crippen molar-refractivity contribution in [3.8, 4) is 5.75 Å². The summed E-state index contributed by atoms with van der Waals surface area (Å²) in [4.78, 5) is 35.3. The topological polar surface area (TPSA) is 95.9 Å². The Morgan fingerprint density at radius 3 is 2.67 bits per heavy atom. The fourth-order valence-electron chi connectivity index (χ4n) is 2.87. The molecule has 0 saturated carbocycles. The minimum atomic E-state index is -4.50. The average Bonchev–Trinajstić information content (AvgIpc) is 2.93. The van der Waals surface area contributed by atoms with Crippen LogP contribution in [0.1, 0.15) is 22.3 Å². The minimum Gasteiger partial charge on any atom is -0.496 e. The van der Waals surface area contributed by atoms with Gasteiger partial charge in [-0.3, -0.25) is 9.59 Å².